The molecule has 0 spiro atoms. The highest BCUT2D eigenvalue weighted by Crippen LogP contribution is 2.28. The SMILES string of the molecule is CNc1cnc2c(c1)cc(-c1ccc(Cl)cc1)n2C. The Labute approximate surface area is 116 Å². The fourth-order valence-electron chi connectivity index (χ4n) is 2.25. The second-order valence-corrected chi connectivity index (χ2v) is 4.92. The summed E-state index contributed by atoms with van der Waals surface area (Å²) in [5, 5.41) is 4.98. The lowest BCUT2D eigenvalue weighted by molar-refractivity contribution is 0.957. The van der Waals surface area contributed by atoms with Gasteiger partial charge in [-0.05, 0) is 29.8 Å². The first kappa shape index (κ1) is 12.1. The number of pyridine rings is 1. The molecule has 0 radical (unpaired) electrons. The maximum absolute atomic E-state index is 5.93. The molecule has 2 heterocycles. The van der Waals surface area contributed by atoms with Crippen LogP contribution in [0.4, 0.5) is 5.69 Å². The molecular weight excluding hydrogens is 258 g/mol. The van der Waals surface area contributed by atoms with Gasteiger partial charge in [-0.1, -0.05) is 23.7 Å². The van der Waals surface area contributed by atoms with Crippen molar-refractivity contribution >= 4 is 28.3 Å². The third-order valence-corrected chi connectivity index (χ3v) is 3.55. The second-order valence-electron chi connectivity index (χ2n) is 4.48. The molecule has 0 aliphatic heterocycles. The molecule has 96 valence electrons. The summed E-state index contributed by atoms with van der Waals surface area (Å²) in [6.07, 6.45) is 1.84. The molecule has 19 heavy (non-hydrogen) atoms. The van der Waals surface area contributed by atoms with E-state index in [2.05, 4.69) is 27.0 Å². The summed E-state index contributed by atoms with van der Waals surface area (Å²) < 4.78 is 2.10. The molecule has 3 aromatic rings. The van der Waals surface area contributed by atoms with Gasteiger partial charge in [0.05, 0.1) is 17.6 Å². The number of anilines is 1. The van der Waals surface area contributed by atoms with Crippen LogP contribution in [0.3, 0.4) is 0 Å². The molecular formula is C15H14ClN3. The lowest BCUT2D eigenvalue weighted by atomic mass is 10.1. The monoisotopic (exact) mass is 271 g/mol. The van der Waals surface area contributed by atoms with Crippen LogP contribution in [0.5, 0.6) is 0 Å². The Bertz CT molecular complexity index is 729. The first-order valence-electron chi connectivity index (χ1n) is 6.08. The Kier molecular flexibility index (Phi) is 2.91. The number of hydrogen-bond donors (Lipinski definition) is 1. The third-order valence-electron chi connectivity index (χ3n) is 3.30. The number of aromatic nitrogens is 2. The van der Waals surface area contributed by atoms with E-state index in [1.54, 1.807) is 0 Å². The molecule has 0 atom stereocenters. The van der Waals surface area contributed by atoms with Crippen LogP contribution in [0.1, 0.15) is 0 Å². The minimum absolute atomic E-state index is 0.748. The van der Waals surface area contributed by atoms with Gasteiger partial charge in [0.25, 0.3) is 0 Å². The maximum Gasteiger partial charge on any atom is 0.140 e. The van der Waals surface area contributed by atoms with Gasteiger partial charge >= 0.3 is 0 Å². The van der Waals surface area contributed by atoms with Gasteiger partial charge in [-0.15, -0.1) is 0 Å². The van der Waals surface area contributed by atoms with E-state index in [1.165, 1.54) is 0 Å². The van der Waals surface area contributed by atoms with Crippen molar-refractivity contribution in [1.29, 1.82) is 0 Å². The molecule has 3 rings (SSSR count). The summed E-state index contributed by atoms with van der Waals surface area (Å²) in [4.78, 5) is 4.49. The number of nitrogens with zero attached hydrogens (tertiary/aromatic N) is 2. The Morgan fingerprint density at radius 1 is 1.16 bits per heavy atom. The Morgan fingerprint density at radius 2 is 1.89 bits per heavy atom. The number of benzene rings is 1. The highest BCUT2D eigenvalue weighted by atomic mass is 35.5. The maximum atomic E-state index is 5.93. The summed E-state index contributed by atoms with van der Waals surface area (Å²) in [6.45, 7) is 0. The van der Waals surface area contributed by atoms with E-state index in [0.29, 0.717) is 0 Å². The molecule has 0 fully saturated rings. The predicted octanol–water partition coefficient (Wildman–Crippen LogP) is 3.94. The summed E-state index contributed by atoms with van der Waals surface area (Å²) in [6, 6.07) is 12.1. The van der Waals surface area contributed by atoms with Crippen LogP contribution in [-0.4, -0.2) is 16.6 Å². The van der Waals surface area contributed by atoms with Crippen LogP contribution in [0.15, 0.2) is 42.6 Å². The van der Waals surface area contributed by atoms with Crippen molar-refractivity contribution in [3.8, 4) is 11.3 Å². The van der Waals surface area contributed by atoms with E-state index in [9.17, 15) is 0 Å². The van der Waals surface area contributed by atoms with Gasteiger partial charge in [-0.3, -0.25) is 0 Å². The van der Waals surface area contributed by atoms with E-state index < -0.39 is 0 Å². The first-order chi connectivity index (χ1) is 9.19. The minimum atomic E-state index is 0.748. The van der Waals surface area contributed by atoms with Crippen molar-refractivity contribution < 1.29 is 0 Å². The van der Waals surface area contributed by atoms with Crippen LogP contribution >= 0.6 is 11.6 Å². The number of halogens is 1. The molecule has 1 N–H and O–H groups in total. The van der Waals surface area contributed by atoms with E-state index >= 15 is 0 Å². The molecule has 0 bridgehead atoms. The fourth-order valence-corrected chi connectivity index (χ4v) is 2.38. The Balaban J connectivity index is 2.19. The lowest BCUT2D eigenvalue weighted by Crippen LogP contribution is -1.94. The number of rotatable bonds is 2. The number of aryl methyl sites for hydroxylation is 1. The Morgan fingerprint density at radius 3 is 2.58 bits per heavy atom. The smallest absolute Gasteiger partial charge is 0.140 e. The van der Waals surface area contributed by atoms with Gasteiger partial charge in [-0.2, -0.15) is 0 Å². The largest absolute Gasteiger partial charge is 0.387 e. The molecule has 0 saturated carbocycles. The van der Waals surface area contributed by atoms with Gasteiger partial charge in [0.2, 0.25) is 0 Å². The summed E-state index contributed by atoms with van der Waals surface area (Å²) >= 11 is 5.93. The third kappa shape index (κ3) is 2.06. The molecule has 0 saturated heterocycles. The van der Waals surface area contributed by atoms with Gasteiger partial charge in [-0.25, -0.2) is 4.98 Å². The number of hydrogen-bond acceptors (Lipinski definition) is 2. The molecule has 1 aromatic carbocycles. The van der Waals surface area contributed by atoms with Crippen molar-refractivity contribution in [3.63, 3.8) is 0 Å². The molecule has 0 amide bonds. The molecule has 0 unspecified atom stereocenters. The highest BCUT2D eigenvalue weighted by Gasteiger charge is 2.09. The molecule has 2 aromatic heterocycles. The normalized spacial score (nSPS) is 10.9. The Hall–Kier alpha value is -2.00. The first-order valence-corrected chi connectivity index (χ1v) is 6.46. The van der Waals surface area contributed by atoms with Crippen molar-refractivity contribution in [1.82, 2.24) is 9.55 Å². The van der Waals surface area contributed by atoms with Crippen molar-refractivity contribution in [2.45, 2.75) is 0 Å². The van der Waals surface area contributed by atoms with E-state index in [0.717, 1.165) is 33.0 Å². The van der Waals surface area contributed by atoms with Crippen LogP contribution in [0.2, 0.25) is 5.02 Å². The van der Waals surface area contributed by atoms with Crippen molar-refractivity contribution in [2.75, 3.05) is 12.4 Å². The van der Waals surface area contributed by atoms with Gasteiger partial charge in [0.1, 0.15) is 5.65 Å². The van der Waals surface area contributed by atoms with Gasteiger partial charge in [0, 0.05) is 24.5 Å². The molecule has 0 aliphatic carbocycles. The average molecular weight is 272 g/mol. The summed E-state index contributed by atoms with van der Waals surface area (Å²) in [5.74, 6) is 0. The minimum Gasteiger partial charge on any atom is -0.387 e. The van der Waals surface area contributed by atoms with Gasteiger partial charge in [0.15, 0.2) is 0 Å². The highest BCUT2D eigenvalue weighted by molar-refractivity contribution is 6.30. The number of nitrogens with one attached hydrogen (secondary N) is 1. The quantitative estimate of drug-likeness (QED) is 0.765. The predicted molar refractivity (Wildman–Crippen MR) is 80.7 cm³/mol. The van der Waals surface area contributed by atoms with E-state index in [1.807, 2.05) is 44.6 Å². The zero-order valence-electron chi connectivity index (χ0n) is 10.8. The zero-order valence-corrected chi connectivity index (χ0v) is 11.6. The molecule has 3 nitrogen and oxygen atoms in total. The number of fused-ring (bicyclic) bond motifs is 1. The van der Waals surface area contributed by atoms with Crippen LogP contribution < -0.4 is 5.32 Å². The van der Waals surface area contributed by atoms with E-state index in [-0.39, 0.29) is 0 Å². The molecule has 0 aliphatic rings. The van der Waals surface area contributed by atoms with Crippen molar-refractivity contribution in [2.24, 2.45) is 7.05 Å². The summed E-state index contributed by atoms with van der Waals surface area (Å²) in [7, 11) is 3.92. The van der Waals surface area contributed by atoms with Gasteiger partial charge < -0.3 is 9.88 Å². The topological polar surface area (TPSA) is 29.9 Å². The van der Waals surface area contributed by atoms with Crippen LogP contribution in [0.25, 0.3) is 22.3 Å². The van der Waals surface area contributed by atoms with Crippen molar-refractivity contribution in [3.05, 3.63) is 47.6 Å². The lowest BCUT2D eigenvalue weighted by Gasteiger charge is -2.04. The van der Waals surface area contributed by atoms with Crippen LogP contribution in [0, 0.1) is 0 Å². The zero-order chi connectivity index (χ0) is 13.4. The second kappa shape index (κ2) is 4.59. The summed E-state index contributed by atoms with van der Waals surface area (Å²) in [5.41, 5.74) is 4.26. The fraction of sp³-hybridized carbons (Fsp3) is 0.133. The van der Waals surface area contributed by atoms with Crippen LogP contribution in [-0.2, 0) is 7.05 Å². The van der Waals surface area contributed by atoms with E-state index in [4.69, 9.17) is 11.6 Å². The standard InChI is InChI=1S/C15H14ClN3/c1-17-13-7-11-8-14(19(2)15(11)18-9-13)10-3-5-12(16)6-4-10/h3-9,17H,1-2H3. The molecule has 4 heteroatoms. The average Bonchev–Trinajstić information content (AvgIpc) is 2.76.